The van der Waals surface area contributed by atoms with Gasteiger partial charge in [-0.1, -0.05) is 0 Å². The number of nitrogens with one attached hydrogen (secondary N) is 1. The van der Waals surface area contributed by atoms with Gasteiger partial charge in [-0.3, -0.25) is 29.2 Å². The number of nitrogens with zero attached hydrogens (tertiary/aromatic N) is 1. The van der Waals surface area contributed by atoms with Crippen molar-refractivity contribution < 1.29 is 19.4 Å². The average Bonchev–Trinajstić information content (AvgIpc) is 2.69. The molecule has 0 fully saturated rings. The number of ketones is 1. The summed E-state index contributed by atoms with van der Waals surface area (Å²) in [6, 6.07) is 4.29. The zero-order valence-corrected chi connectivity index (χ0v) is 17.0. The van der Waals surface area contributed by atoms with Crippen LogP contribution in [-0.4, -0.2) is 28.0 Å². The van der Waals surface area contributed by atoms with Crippen LogP contribution in [0.3, 0.4) is 0 Å². The lowest BCUT2D eigenvalue weighted by Crippen LogP contribution is -2.38. The van der Waals surface area contributed by atoms with Gasteiger partial charge in [-0.25, -0.2) is 0 Å². The van der Waals surface area contributed by atoms with Crippen molar-refractivity contribution in [3.05, 3.63) is 55.0 Å². The maximum Gasteiger partial charge on any atom is 0.305 e. The molecule has 1 aliphatic carbocycles. The van der Waals surface area contributed by atoms with E-state index >= 15 is 0 Å². The number of carbonyl (C=O) groups is 2. The van der Waals surface area contributed by atoms with Crippen molar-refractivity contribution in [1.29, 1.82) is 5.41 Å². The third-order valence-corrected chi connectivity index (χ3v) is 5.05. The number of rotatable bonds is 6. The summed E-state index contributed by atoms with van der Waals surface area (Å²) in [6.07, 6.45) is 0.289. The number of aliphatic hydroxyl groups is 1. The van der Waals surface area contributed by atoms with E-state index in [0.29, 0.717) is 5.56 Å². The Labute approximate surface area is 171 Å². The highest BCUT2D eigenvalue weighted by molar-refractivity contribution is 6.04. The number of aliphatic hydroxyl groups excluding tert-OH is 1. The highest BCUT2D eigenvalue weighted by atomic mass is 16.5. The molecule has 0 spiro atoms. The van der Waals surface area contributed by atoms with Crippen molar-refractivity contribution in [3.8, 4) is 11.1 Å². The molecule has 0 unspecified atom stereocenters. The van der Waals surface area contributed by atoms with Crippen LogP contribution in [0.1, 0.15) is 44.0 Å². The number of carbonyl (C=O) groups excluding carboxylic acids is 2. The largest absolute Gasteiger partial charge is 0.512 e. The minimum Gasteiger partial charge on any atom is -0.512 e. The van der Waals surface area contributed by atoms with E-state index in [-0.39, 0.29) is 70.0 Å². The summed E-state index contributed by atoms with van der Waals surface area (Å²) < 4.78 is 5.90. The molecule has 30 heavy (non-hydrogen) atoms. The van der Waals surface area contributed by atoms with Gasteiger partial charge in [0.15, 0.2) is 5.78 Å². The van der Waals surface area contributed by atoms with Gasteiger partial charge < -0.3 is 9.84 Å². The van der Waals surface area contributed by atoms with Crippen LogP contribution >= 0.6 is 0 Å². The molecule has 1 heterocycles. The molecule has 0 saturated carbocycles. The maximum absolute atomic E-state index is 13.1. The Bertz CT molecular complexity index is 1350. The Kier molecular flexibility index (Phi) is 5.69. The van der Waals surface area contributed by atoms with Crippen LogP contribution in [-0.2, 0) is 16.1 Å². The highest BCUT2D eigenvalue weighted by Crippen LogP contribution is 2.26. The van der Waals surface area contributed by atoms with Gasteiger partial charge in [0.05, 0.1) is 17.7 Å². The van der Waals surface area contributed by atoms with Crippen LogP contribution in [0.25, 0.3) is 27.7 Å². The monoisotopic (exact) mass is 410 g/mol. The summed E-state index contributed by atoms with van der Waals surface area (Å²) in [5, 5.41) is 18.9. The van der Waals surface area contributed by atoms with Crippen LogP contribution in [0.4, 0.5) is 0 Å². The molecule has 3 rings (SSSR count). The molecule has 0 radical (unpaired) electrons. The van der Waals surface area contributed by atoms with Gasteiger partial charge >= 0.3 is 5.97 Å². The topological polar surface area (TPSA) is 127 Å². The Morgan fingerprint density at radius 2 is 1.77 bits per heavy atom. The fraction of sp³-hybridized carbons (Fsp3) is 0.318. The number of benzene rings is 2. The molecule has 8 nitrogen and oxygen atoms in total. The second kappa shape index (κ2) is 8.06. The molecular formula is C22H22N2O6. The summed E-state index contributed by atoms with van der Waals surface area (Å²) in [5.74, 6) is -0.850. The summed E-state index contributed by atoms with van der Waals surface area (Å²) in [7, 11) is 0. The van der Waals surface area contributed by atoms with Gasteiger partial charge in [0.2, 0.25) is 0 Å². The van der Waals surface area contributed by atoms with E-state index in [1.165, 1.54) is 32.0 Å². The second-order valence-electron chi connectivity index (χ2n) is 7.11. The molecule has 1 aliphatic heterocycles. The summed E-state index contributed by atoms with van der Waals surface area (Å²) in [6.45, 7) is 4.69. The van der Waals surface area contributed by atoms with Crippen LogP contribution < -0.4 is 21.7 Å². The van der Waals surface area contributed by atoms with Gasteiger partial charge in [-0.05, 0) is 45.4 Å². The number of ether oxygens (including phenoxy) is 1. The van der Waals surface area contributed by atoms with Crippen LogP contribution in [0, 0.1) is 5.41 Å². The summed E-state index contributed by atoms with van der Waals surface area (Å²) >= 11 is 0. The fourth-order valence-electron chi connectivity index (χ4n) is 3.59. The molecule has 0 amide bonds. The Hall–Kier alpha value is -3.55. The third kappa shape index (κ3) is 3.56. The van der Waals surface area contributed by atoms with Crippen molar-refractivity contribution in [2.45, 2.75) is 40.2 Å². The summed E-state index contributed by atoms with van der Waals surface area (Å²) in [5.41, 5.74) is -0.448. The van der Waals surface area contributed by atoms with Crippen LogP contribution in [0.5, 0.6) is 0 Å². The quantitative estimate of drug-likeness (QED) is 0.466. The van der Waals surface area contributed by atoms with Gasteiger partial charge in [0.1, 0.15) is 0 Å². The number of esters is 1. The highest BCUT2D eigenvalue weighted by Gasteiger charge is 2.22. The second-order valence-corrected chi connectivity index (χ2v) is 7.11. The molecule has 0 aromatic heterocycles. The van der Waals surface area contributed by atoms with E-state index in [4.69, 9.17) is 10.1 Å². The van der Waals surface area contributed by atoms with Gasteiger partial charge in [-0.2, -0.15) is 0 Å². The molecule has 156 valence electrons. The molecule has 2 N–H and O–H groups in total. The first-order chi connectivity index (χ1) is 14.2. The molecule has 0 bridgehead atoms. The lowest BCUT2D eigenvalue weighted by molar-refractivity contribution is -0.143. The van der Waals surface area contributed by atoms with E-state index in [0.717, 1.165) is 4.57 Å². The van der Waals surface area contributed by atoms with E-state index < -0.39 is 17.1 Å². The Balaban J connectivity index is 2.34. The first-order valence-electron chi connectivity index (χ1n) is 9.59. The molecule has 8 heteroatoms. The van der Waals surface area contributed by atoms with E-state index in [1.54, 1.807) is 6.92 Å². The number of aromatic nitrogens is 1. The number of hydrogen-bond acceptors (Lipinski definition) is 7. The van der Waals surface area contributed by atoms with E-state index in [9.17, 15) is 24.3 Å². The predicted molar refractivity (Wildman–Crippen MR) is 111 cm³/mol. The van der Waals surface area contributed by atoms with Crippen molar-refractivity contribution >= 4 is 28.3 Å². The Morgan fingerprint density at radius 1 is 1.10 bits per heavy atom. The number of Topliss-reactive ketones (excluding diaryl/α,β-unsaturated/α-hetero) is 1. The van der Waals surface area contributed by atoms with Crippen LogP contribution in [0.15, 0.2) is 27.8 Å². The smallest absolute Gasteiger partial charge is 0.305 e. The molecule has 2 aliphatic rings. The third-order valence-electron chi connectivity index (χ3n) is 5.05. The average molecular weight is 410 g/mol. The van der Waals surface area contributed by atoms with Crippen molar-refractivity contribution in [2.75, 3.05) is 6.61 Å². The number of hydrogen-bond donors (Lipinski definition) is 2. The molecule has 1 aromatic rings. The maximum atomic E-state index is 13.1. The standard InChI is InChI=1S/C22H22N2O6/c1-4-30-18(27)6-5-7-24-21(28)16-9-13(11(2)25)8-15-19(16)17(22(24)29)10-14(12(3)26)20(15)23/h8-10,23,26H,4-7H2,1-3H3/b14-12-,23-20?. The Morgan fingerprint density at radius 3 is 2.37 bits per heavy atom. The predicted octanol–water partition coefficient (Wildman–Crippen LogP) is 1.33. The minimum absolute atomic E-state index is 0.00148. The summed E-state index contributed by atoms with van der Waals surface area (Å²) in [4.78, 5) is 49.7. The fourth-order valence-corrected chi connectivity index (χ4v) is 3.59. The van der Waals surface area contributed by atoms with E-state index in [1.807, 2.05) is 0 Å². The molecular weight excluding hydrogens is 388 g/mol. The molecule has 0 saturated heterocycles. The number of pyridine rings is 1. The van der Waals surface area contributed by atoms with Gasteiger partial charge in [0.25, 0.3) is 11.1 Å². The molecule has 1 aromatic carbocycles. The first-order valence-corrected chi connectivity index (χ1v) is 9.59. The zero-order valence-electron chi connectivity index (χ0n) is 17.0. The van der Waals surface area contributed by atoms with Crippen molar-refractivity contribution in [3.63, 3.8) is 0 Å². The van der Waals surface area contributed by atoms with E-state index in [2.05, 4.69) is 0 Å². The van der Waals surface area contributed by atoms with Gasteiger partial charge in [-0.15, -0.1) is 0 Å². The lowest BCUT2D eigenvalue weighted by atomic mass is 9.91. The van der Waals surface area contributed by atoms with Crippen molar-refractivity contribution in [1.82, 2.24) is 4.57 Å². The van der Waals surface area contributed by atoms with Crippen molar-refractivity contribution in [2.24, 2.45) is 0 Å². The van der Waals surface area contributed by atoms with Gasteiger partial charge in [0, 0.05) is 45.6 Å². The molecule has 0 atom stereocenters. The first kappa shape index (κ1) is 21.2. The van der Waals surface area contributed by atoms with Crippen LogP contribution in [0.2, 0.25) is 0 Å². The minimum atomic E-state index is -0.582. The lowest BCUT2D eigenvalue weighted by Gasteiger charge is -2.16. The normalized spacial score (nSPS) is 12.4. The zero-order chi connectivity index (χ0) is 22.2. The SMILES string of the molecule is CCOC(=O)CCCn1c(=O)c2c/c(=C(\C)O)c(=N)c3cc(C(C)=O)cc(c3-2)c1=O.